The number of pyridine rings is 1. The molecule has 2 heterocycles. The largest absolute Gasteiger partial charge is 0.329 e. The van der Waals surface area contributed by atoms with Crippen LogP contribution in [0.4, 0.5) is 15.9 Å². The highest BCUT2D eigenvalue weighted by Crippen LogP contribution is 2.46. The van der Waals surface area contributed by atoms with E-state index in [9.17, 15) is 18.8 Å². The first-order valence-electron chi connectivity index (χ1n) is 13.0. The van der Waals surface area contributed by atoms with Crippen molar-refractivity contribution in [1.29, 1.82) is 0 Å². The number of anilines is 2. The summed E-state index contributed by atoms with van der Waals surface area (Å²) in [6.07, 6.45) is 2.73. The molecule has 1 unspecified atom stereocenters. The van der Waals surface area contributed by atoms with Gasteiger partial charge < -0.3 is 21.3 Å². The Bertz CT molecular complexity index is 1480. The second kappa shape index (κ2) is 9.89. The summed E-state index contributed by atoms with van der Waals surface area (Å²) in [4.78, 5) is 45.1. The Hall–Kier alpha value is -4.11. The van der Waals surface area contributed by atoms with Crippen LogP contribution in [0.5, 0.6) is 0 Å². The van der Waals surface area contributed by atoms with Crippen molar-refractivity contribution in [3.8, 4) is 0 Å². The van der Waals surface area contributed by atoms with Gasteiger partial charge in [0.1, 0.15) is 18.2 Å². The van der Waals surface area contributed by atoms with E-state index in [4.69, 9.17) is 5.73 Å². The van der Waals surface area contributed by atoms with E-state index < -0.39 is 16.6 Å². The Morgan fingerprint density at radius 3 is 2.64 bits per heavy atom. The fraction of sp³-hybridized carbons (Fsp3) is 0.333. The van der Waals surface area contributed by atoms with Crippen LogP contribution in [-0.4, -0.2) is 34.2 Å². The molecule has 39 heavy (non-hydrogen) atoms. The monoisotopic (exact) mass is 529 g/mol. The Labute approximate surface area is 226 Å². The molecular weight excluding hydrogens is 497 g/mol. The van der Waals surface area contributed by atoms with Gasteiger partial charge in [-0.25, -0.2) is 9.37 Å². The number of fused-ring (bicyclic) bond motifs is 3. The Kier molecular flexibility index (Phi) is 6.72. The predicted molar refractivity (Wildman–Crippen MR) is 146 cm³/mol. The van der Waals surface area contributed by atoms with Gasteiger partial charge in [-0.1, -0.05) is 45.0 Å². The van der Waals surface area contributed by atoms with Crippen LogP contribution in [-0.2, 0) is 45.7 Å². The summed E-state index contributed by atoms with van der Waals surface area (Å²) < 4.78 is 14.3. The summed E-state index contributed by atoms with van der Waals surface area (Å²) in [6.45, 7) is 5.17. The molecule has 1 aliphatic heterocycles. The van der Waals surface area contributed by atoms with E-state index in [2.05, 4.69) is 15.6 Å². The quantitative estimate of drug-likeness (QED) is 0.450. The number of halogens is 1. The van der Waals surface area contributed by atoms with Crippen LogP contribution in [0.15, 0.2) is 54.7 Å². The molecule has 0 saturated carbocycles. The third-order valence-corrected chi connectivity index (χ3v) is 7.51. The van der Waals surface area contributed by atoms with Crippen molar-refractivity contribution in [1.82, 2.24) is 9.88 Å². The van der Waals surface area contributed by atoms with E-state index in [1.54, 1.807) is 39.1 Å². The molecule has 4 N–H and O–H groups in total. The summed E-state index contributed by atoms with van der Waals surface area (Å²) in [7, 11) is 0. The minimum absolute atomic E-state index is 0.0130. The van der Waals surface area contributed by atoms with Crippen molar-refractivity contribution in [2.24, 2.45) is 11.1 Å². The highest BCUT2D eigenvalue weighted by atomic mass is 19.1. The highest BCUT2D eigenvalue weighted by molar-refractivity contribution is 6.06. The van der Waals surface area contributed by atoms with Gasteiger partial charge in [0.15, 0.2) is 0 Å². The van der Waals surface area contributed by atoms with Crippen LogP contribution >= 0.6 is 0 Å². The maximum absolute atomic E-state index is 14.3. The van der Waals surface area contributed by atoms with Crippen molar-refractivity contribution in [2.45, 2.75) is 52.1 Å². The molecule has 2 aromatic carbocycles. The third kappa shape index (κ3) is 4.90. The first kappa shape index (κ1) is 26.5. The summed E-state index contributed by atoms with van der Waals surface area (Å²) >= 11 is 0. The predicted octanol–water partition coefficient (Wildman–Crippen LogP) is 3.68. The molecule has 1 spiro atoms. The van der Waals surface area contributed by atoms with Gasteiger partial charge in [-0.3, -0.25) is 14.4 Å². The number of aromatic nitrogens is 1. The number of nitrogens with two attached hydrogens (primary N) is 1. The van der Waals surface area contributed by atoms with E-state index in [1.807, 2.05) is 30.3 Å². The minimum atomic E-state index is -0.745. The van der Waals surface area contributed by atoms with Gasteiger partial charge in [0.2, 0.25) is 17.7 Å². The van der Waals surface area contributed by atoms with E-state index >= 15 is 0 Å². The van der Waals surface area contributed by atoms with Gasteiger partial charge in [0.25, 0.3) is 0 Å². The number of nitrogens with one attached hydrogen (secondary N) is 2. The van der Waals surface area contributed by atoms with Crippen LogP contribution < -0.4 is 16.4 Å². The number of carbonyl (C=O) groups excluding carboxylic acids is 3. The van der Waals surface area contributed by atoms with Crippen molar-refractivity contribution in [2.75, 3.05) is 17.2 Å². The SMILES string of the molecule is CC(C)(C)C(=O)N(CC(=O)Nc1ccc2c(c1)CC1(C2)C(=O)Nc2ncccc21)Cc1cccc(F)c1CN. The number of rotatable bonds is 6. The van der Waals surface area contributed by atoms with Crippen LogP contribution in [0.3, 0.4) is 0 Å². The molecule has 1 aliphatic carbocycles. The first-order chi connectivity index (χ1) is 18.5. The number of amides is 3. The molecule has 5 rings (SSSR count). The standard InChI is InChI=1S/C30H32FN5O3/c1-29(2,3)28(39)36(16-19-6-4-8-24(31)22(19)15-32)17-25(37)34-21-10-9-18-13-30(14-20(18)12-21)23-7-5-11-33-26(23)35-27(30)38/h4-12H,13-17,32H2,1-3H3,(H,34,37)(H,33,35,38). The molecule has 202 valence electrons. The molecule has 3 aromatic rings. The fourth-order valence-corrected chi connectivity index (χ4v) is 5.58. The van der Waals surface area contributed by atoms with Crippen molar-refractivity contribution in [3.63, 3.8) is 0 Å². The third-order valence-electron chi connectivity index (χ3n) is 7.51. The molecule has 1 aromatic heterocycles. The molecule has 1 atom stereocenters. The molecular formula is C30H32FN5O3. The lowest BCUT2D eigenvalue weighted by atomic mass is 9.79. The lowest BCUT2D eigenvalue weighted by molar-refractivity contribution is -0.142. The maximum atomic E-state index is 14.3. The lowest BCUT2D eigenvalue weighted by Crippen LogP contribution is -2.43. The lowest BCUT2D eigenvalue weighted by Gasteiger charge is -2.30. The average Bonchev–Trinajstić information content (AvgIpc) is 3.39. The number of hydrogen-bond acceptors (Lipinski definition) is 5. The van der Waals surface area contributed by atoms with Gasteiger partial charge >= 0.3 is 0 Å². The fourth-order valence-electron chi connectivity index (χ4n) is 5.58. The van der Waals surface area contributed by atoms with Crippen LogP contribution in [0, 0.1) is 11.2 Å². The van der Waals surface area contributed by atoms with Gasteiger partial charge in [-0.15, -0.1) is 0 Å². The van der Waals surface area contributed by atoms with Crippen LogP contribution in [0.25, 0.3) is 0 Å². The zero-order chi connectivity index (χ0) is 27.9. The van der Waals surface area contributed by atoms with E-state index in [1.165, 1.54) is 11.0 Å². The van der Waals surface area contributed by atoms with Crippen LogP contribution in [0.2, 0.25) is 0 Å². The molecule has 0 fully saturated rings. The first-order valence-corrected chi connectivity index (χ1v) is 13.0. The van der Waals surface area contributed by atoms with Crippen LogP contribution in [0.1, 0.15) is 48.6 Å². The molecule has 0 radical (unpaired) electrons. The number of hydrogen-bond donors (Lipinski definition) is 3. The van der Waals surface area contributed by atoms with Crippen molar-refractivity contribution >= 4 is 29.2 Å². The topological polar surface area (TPSA) is 117 Å². The van der Waals surface area contributed by atoms with Crippen molar-refractivity contribution in [3.05, 3.63) is 88.4 Å². The zero-order valence-corrected chi connectivity index (χ0v) is 22.3. The van der Waals surface area contributed by atoms with Crippen molar-refractivity contribution < 1.29 is 18.8 Å². The summed E-state index contributed by atoms with van der Waals surface area (Å²) in [5, 5.41) is 5.80. The van der Waals surface area contributed by atoms with Gasteiger partial charge in [0.05, 0.1) is 5.41 Å². The normalized spacial score (nSPS) is 17.5. The molecule has 0 bridgehead atoms. The molecule has 9 heteroatoms. The average molecular weight is 530 g/mol. The summed E-state index contributed by atoms with van der Waals surface area (Å²) in [5.41, 5.74) is 8.71. The number of nitrogens with zero attached hydrogens (tertiary/aromatic N) is 2. The van der Waals surface area contributed by atoms with E-state index in [-0.39, 0.29) is 37.4 Å². The second-order valence-corrected chi connectivity index (χ2v) is 11.3. The maximum Gasteiger partial charge on any atom is 0.244 e. The second-order valence-electron chi connectivity index (χ2n) is 11.3. The minimum Gasteiger partial charge on any atom is -0.329 e. The smallest absolute Gasteiger partial charge is 0.244 e. The Balaban J connectivity index is 1.34. The summed E-state index contributed by atoms with van der Waals surface area (Å²) in [6, 6.07) is 14.0. The zero-order valence-electron chi connectivity index (χ0n) is 22.3. The van der Waals surface area contributed by atoms with Gasteiger partial charge in [0, 0.05) is 41.5 Å². The Morgan fingerprint density at radius 2 is 1.90 bits per heavy atom. The summed E-state index contributed by atoms with van der Waals surface area (Å²) in [5.74, 6) is -0.515. The van der Waals surface area contributed by atoms with Gasteiger partial charge in [-0.2, -0.15) is 0 Å². The molecule has 8 nitrogen and oxygen atoms in total. The highest BCUT2D eigenvalue weighted by Gasteiger charge is 2.51. The van der Waals surface area contributed by atoms with Gasteiger partial charge in [-0.05, 0) is 53.8 Å². The van der Waals surface area contributed by atoms with E-state index in [0.29, 0.717) is 35.5 Å². The molecule has 2 aliphatic rings. The Morgan fingerprint density at radius 1 is 1.13 bits per heavy atom. The number of benzene rings is 2. The number of carbonyl (C=O) groups is 3. The molecule has 0 saturated heterocycles. The van der Waals surface area contributed by atoms with E-state index in [0.717, 1.165) is 16.7 Å². The molecule has 3 amide bonds.